The highest BCUT2D eigenvalue weighted by atomic mass is 32.2. The molecule has 0 unspecified atom stereocenters. The number of carbonyl (C=O) groups excluding carboxylic acids is 1. The Labute approximate surface area is 187 Å². The molecule has 0 saturated carbocycles. The first-order valence-corrected chi connectivity index (χ1v) is 10.9. The Morgan fingerprint density at radius 3 is 2.55 bits per heavy atom. The highest BCUT2D eigenvalue weighted by Gasteiger charge is 2.13. The third-order valence-electron chi connectivity index (χ3n) is 4.42. The molecular formula is C25H26N4OS. The summed E-state index contributed by atoms with van der Waals surface area (Å²) in [7, 11) is 1.63. The van der Waals surface area contributed by atoms with Crippen LogP contribution >= 0.6 is 11.8 Å². The molecule has 2 aromatic carbocycles. The maximum atomic E-state index is 12.2. The van der Waals surface area contributed by atoms with Crippen molar-refractivity contribution in [2.75, 3.05) is 12.4 Å². The minimum Gasteiger partial charge on any atom is -0.382 e. The molecule has 0 aliphatic heterocycles. The van der Waals surface area contributed by atoms with E-state index in [0.29, 0.717) is 11.3 Å². The smallest absolute Gasteiger partial charge is 0.252 e. The number of hydrogen-bond acceptors (Lipinski definition) is 5. The number of amides is 1. The molecule has 5 nitrogen and oxygen atoms in total. The normalized spacial score (nSPS) is 11.0. The topological polar surface area (TPSA) is 77.9 Å². The van der Waals surface area contributed by atoms with E-state index < -0.39 is 0 Å². The lowest BCUT2D eigenvalue weighted by Gasteiger charge is -2.16. The number of aromatic nitrogens is 1. The number of nitrogens with zero attached hydrogens (tertiary/aromatic N) is 1. The van der Waals surface area contributed by atoms with E-state index >= 15 is 0 Å². The van der Waals surface area contributed by atoms with E-state index in [-0.39, 0.29) is 11.9 Å². The molecule has 0 spiro atoms. The van der Waals surface area contributed by atoms with E-state index in [1.165, 1.54) is 11.8 Å². The molecule has 1 heterocycles. The van der Waals surface area contributed by atoms with Gasteiger partial charge in [-0.2, -0.15) is 0 Å². The Kier molecular flexibility index (Phi) is 7.62. The molecule has 0 aliphatic carbocycles. The quantitative estimate of drug-likeness (QED) is 0.413. The Morgan fingerprint density at radius 1 is 1.06 bits per heavy atom. The first-order chi connectivity index (χ1) is 15.0. The number of anilines is 1. The second-order valence-corrected chi connectivity index (χ2v) is 8.30. The fourth-order valence-corrected chi connectivity index (χ4v) is 3.97. The number of hydrogen-bond donors (Lipinski definition) is 3. The van der Waals surface area contributed by atoms with Crippen molar-refractivity contribution < 1.29 is 4.79 Å². The minimum atomic E-state index is -0.110. The van der Waals surface area contributed by atoms with Crippen LogP contribution in [0.2, 0.25) is 0 Å². The summed E-state index contributed by atoms with van der Waals surface area (Å²) in [5, 5.41) is 14.7. The Balaban J connectivity index is 1.89. The van der Waals surface area contributed by atoms with E-state index in [2.05, 4.69) is 29.5 Å². The summed E-state index contributed by atoms with van der Waals surface area (Å²) in [6, 6.07) is 19.4. The lowest BCUT2D eigenvalue weighted by Crippen LogP contribution is -2.18. The van der Waals surface area contributed by atoms with Gasteiger partial charge in [0.05, 0.1) is 17.0 Å². The predicted molar refractivity (Wildman–Crippen MR) is 129 cm³/mol. The predicted octanol–water partition coefficient (Wildman–Crippen LogP) is 5.49. The summed E-state index contributed by atoms with van der Waals surface area (Å²) in [5.41, 5.74) is 3.54. The van der Waals surface area contributed by atoms with Gasteiger partial charge in [0.1, 0.15) is 0 Å². The molecule has 0 fully saturated rings. The average molecular weight is 431 g/mol. The van der Waals surface area contributed by atoms with Gasteiger partial charge < -0.3 is 16.0 Å². The SMILES string of the molecule is CNC(=O)c1ccccc1Sc1ccc(C(=N)/C=C/c2ccccn2)c(NC(C)C)c1. The van der Waals surface area contributed by atoms with Crippen LogP contribution in [0.4, 0.5) is 5.69 Å². The highest BCUT2D eigenvalue weighted by molar-refractivity contribution is 7.99. The van der Waals surface area contributed by atoms with Crippen LogP contribution in [0.1, 0.15) is 35.5 Å². The zero-order valence-corrected chi connectivity index (χ0v) is 18.7. The van der Waals surface area contributed by atoms with Crippen LogP contribution in [0.15, 0.2) is 82.7 Å². The number of nitrogens with one attached hydrogen (secondary N) is 3. The number of allylic oxidation sites excluding steroid dienone is 1. The van der Waals surface area contributed by atoms with Crippen molar-refractivity contribution in [3.05, 3.63) is 89.8 Å². The molecule has 0 bridgehead atoms. The lowest BCUT2D eigenvalue weighted by molar-refractivity contribution is 0.0960. The maximum Gasteiger partial charge on any atom is 0.252 e. The van der Waals surface area contributed by atoms with Crippen LogP contribution in [-0.2, 0) is 0 Å². The van der Waals surface area contributed by atoms with Crippen LogP contribution in [-0.4, -0.2) is 29.7 Å². The van der Waals surface area contributed by atoms with E-state index in [9.17, 15) is 4.79 Å². The van der Waals surface area contributed by atoms with Gasteiger partial charge in [-0.3, -0.25) is 9.78 Å². The standard InChI is InChI=1S/C25H26N4OS/c1-17(2)29-23-16-19(31-24-10-5-4-9-21(24)25(30)27-3)12-13-20(23)22(26)14-11-18-8-6-7-15-28-18/h4-17,26,29H,1-3H3,(H,27,30)/b14-11+,26-22?. The number of rotatable bonds is 8. The molecule has 3 rings (SSSR count). The summed E-state index contributed by atoms with van der Waals surface area (Å²) in [5.74, 6) is -0.110. The van der Waals surface area contributed by atoms with Gasteiger partial charge in [0.2, 0.25) is 0 Å². The van der Waals surface area contributed by atoms with Gasteiger partial charge in [0, 0.05) is 40.3 Å². The van der Waals surface area contributed by atoms with Crippen LogP contribution in [0.5, 0.6) is 0 Å². The van der Waals surface area contributed by atoms with Crippen molar-refractivity contribution in [2.45, 2.75) is 29.7 Å². The summed E-state index contributed by atoms with van der Waals surface area (Å²) in [4.78, 5) is 18.3. The molecule has 6 heteroatoms. The third kappa shape index (κ3) is 6.06. The summed E-state index contributed by atoms with van der Waals surface area (Å²) in [6.07, 6.45) is 5.33. The van der Waals surface area contributed by atoms with Gasteiger partial charge in [-0.05, 0) is 68.5 Å². The molecule has 1 aromatic heterocycles. The molecular weight excluding hydrogens is 404 g/mol. The largest absolute Gasteiger partial charge is 0.382 e. The Hall–Kier alpha value is -3.38. The molecule has 0 saturated heterocycles. The van der Waals surface area contributed by atoms with Crippen LogP contribution in [0.3, 0.4) is 0 Å². The van der Waals surface area contributed by atoms with E-state index in [4.69, 9.17) is 5.41 Å². The van der Waals surface area contributed by atoms with Crippen molar-refractivity contribution in [2.24, 2.45) is 0 Å². The van der Waals surface area contributed by atoms with Gasteiger partial charge in [-0.25, -0.2) is 0 Å². The first-order valence-electron chi connectivity index (χ1n) is 10.1. The van der Waals surface area contributed by atoms with Crippen LogP contribution in [0.25, 0.3) is 6.08 Å². The number of pyridine rings is 1. The van der Waals surface area contributed by atoms with Crippen molar-refractivity contribution in [1.82, 2.24) is 10.3 Å². The zero-order valence-electron chi connectivity index (χ0n) is 17.8. The van der Waals surface area contributed by atoms with E-state index in [1.807, 2.05) is 66.7 Å². The molecule has 1 amide bonds. The average Bonchev–Trinajstić information content (AvgIpc) is 2.78. The number of benzene rings is 2. The molecule has 3 aromatic rings. The number of carbonyl (C=O) groups is 1. The Morgan fingerprint density at radius 2 is 1.84 bits per heavy atom. The summed E-state index contributed by atoms with van der Waals surface area (Å²) in [6.45, 7) is 4.13. The second-order valence-electron chi connectivity index (χ2n) is 7.19. The fourth-order valence-electron chi connectivity index (χ4n) is 2.99. The summed E-state index contributed by atoms with van der Waals surface area (Å²) >= 11 is 1.53. The monoisotopic (exact) mass is 430 g/mol. The minimum absolute atomic E-state index is 0.110. The van der Waals surface area contributed by atoms with Crippen LogP contribution < -0.4 is 10.6 Å². The van der Waals surface area contributed by atoms with Crippen molar-refractivity contribution in [3.63, 3.8) is 0 Å². The maximum absolute atomic E-state index is 12.2. The van der Waals surface area contributed by atoms with Gasteiger partial charge in [0.25, 0.3) is 5.91 Å². The third-order valence-corrected chi connectivity index (χ3v) is 5.49. The van der Waals surface area contributed by atoms with Gasteiger partial charge in [-0.15, -0.1) is 0 Å². The van der Waals surface area contributed by atoms with Gasteiger partial charge in [0.15, 0.2) is 0 Å². The van der Waals surface area contributed by atoms with Crippen molar-refractivity contribution in [1.29, 1.82) is 5.41 Å². The lowest BCUT2D eigenvalue weighted by atomic mass is 10.1. The molecule has 31 heavy (non-hydrogen) atoms. The van der Waals surface area contributed by atoms with Crippen molar-refractivity contribution in [3.8, 4) is 0 Å². The first kappa shape index (κ1) is 22.3. The fraction of sp³-hybridized carbons (Fsp3) is 0.160. The highest BCUT2D eigenvalue weighted by Crippen LogP contribution is 2.33. The van der Waals surface area contributed by atoms with Gasteiger partial charge in [-0.1, -0.05) is 30.0 Å². The zero-order chi connectivity index (χ0) is 22.2. The second kappa shape index (κ2) is 10.6. The van der Waals surface area contributed by atoms with E-state index in [0.717, 1.165) is 26.7 Å². The molecule has 0 aliphatic rings. The molecule has 158 valence electrons. The molecule has 0 atom stereocenters. The van der Waals surface area contributed by atoms with Crippen molar-refractivity contribution >= 4 is 35.1 Å². The van der Waals surface area contributed by atoms with Gasteiger partial charge >= 0.3 is 0 Å². The van der Waals surface area contributed by atoms with E-state index in [1.54, 1.807) is 19.3 Å². The Bertz CT molecular complexity index is 1090. The summed E-state index contributed by atoms with van der Waals surface area (Å²) < 4.78 is 0. The van der Waals surface area contributed by atoms with Crippen LogP contribution in [0, 0.1) is 5.41 Å². The molecule has 3 N–H and O–H groups in total. The molecule has 0 radical (unpaired) electrons.